The quantitative estimate of drug-likeness (QED) is 0.744. The van der Waals surface area contributed by atoms with E-state index in [9.17, 15) is 9.59 Å². The molecule has 16 heavy (non-hydrogen) atoms. The summed E-state index contributed by atoms with van der Waals surface area (Å²) in [5, 5.41) is 0.235. The van der Waals surface area contributed by atoms with Gasteiger partial charge in [-0.2, -0.15) is 0 Å². The molecule has 0 N–H and O–H groups in total. The molecule has 1 aliphatic rings. The molecule has 0 aliphatic heterocycles. The van der Waals surface area contributed by atoms with E-state index in [0.29, 0.717) is 18.6 Å². The number of thioether (sulfide) groups is 1. The van der Waals surface area contributed by atoms with Crippen LogP contribution in [0.4, 0.5) is 0 Å². The first kappa shape index (κ1) is 13.8. The number of hydrogen-bond donors (Lipinski definition) is 0. The summed E-state index contributed by atoms with van der Waals surface area (Å²) in [4.78, 5) is 23.4. The predicted molar refractivity (Wildman–Crippen MR) is 68.5 cm³/mol. The number of carbonyl (C=O) groups is 2. The molecule has 0 aromatic carbocycles. The molecule has 1 rings (SSSR count). The van der Waals surface area contributed by atoms with Gasteiger partial charge in [0.25, 0.3) is 0 Å². The zero-order chi connectivity index (χ0) is 12.3. The minimum atomic E-state index is -0.0149. The van der Waals surface area contributed by atoms with Crippen LogP contribution in [0.25, 0.3) is 0 Å². The SMILES string of the molecule is CC1C(=O)CCCC1CC(=O)SC(C)(C)C. The Labute approximate surface area is 103 Å². The largest absolute Gasteiger partial charge is 0.299 e. The molecule has 0 spiro atoms. The molecule has 0 radical (unpaired) electrons. The van der Waals surface area contributed by atoms with Crippen LogP contribution in [-0.4, -0.2) is 15.6 Å². The zero-order valence-corrected chi connectivity index (χ0v) is 11.5. The molecule has 3 heteroatoms. The lowest BCUT2D eigenvalue weighted by molar-refractivity contribution is -0.126. The predicted octanol–water partition coefficient (Wildman–Crippen LogP) is 3.44. The Hall–Kier alpha value is -0.310. The van der Waals surface area contributed by atoms with E-state index in [-0.39, 0.29) is 21.7 Å². The minimum Gasteiger partial charge on any atom is -0.299 e. The lowest BCUT2D eigenvalue weighted by Gasteiger charge is -2.27. The van der Waals surface area contributed by atoms with Crippen molar-refractivity contribution in [3.05, 3.63) is 0 Å². The van der Waals surface area contributed by atoms with Crippen LogP contribution in [0.1, 0.15) is 53.4 Å². The summed E-state index contributed by atoms with van der Waals surface area (Å²) in [5.41, 5.74) is 0. The van der Waals surface area contributed by atoms with Gasteiger partial charge in [0.05, 0.1) is 0 Å². The van der Waals surface area contributed by atoms with Gasteiger partial charge in [-0.15, -0.1) is 0 Å². The zero-order valence-electron chi connectivity index (χ0n) is 10.7. The summed E-state index contributed by atoms with van der Waals surface area (Å²) in [7, 11) is 0. The van der Waals surface area contributed by atoms with Gasteiger partial charge in [-0.1, -0.05) is 39.5 Å². The highest BCUT2D eigenvalue weighted by Gasteiger charge is 2.30. The molecule has 0 heterocycles. The standard InChI is InChI=1S/C13H22O2S/c1-9-10(6-5-7-11(9)14)8-12(15)16-13(2,3)4/h9-10H,5-8H2,1-4H3. The lowest BCUT2D eigenvalue weighted by atomic mass is 9.78. The van der Waals surface area contributed by atoms with Crippen molar-refractivity contribution in [2.24, 2.45) is 11.8 Å². The molecule has 0 amide bonds. The molecule has 2 atom stereocenters. The molecule has 0 aromatic rings. The Morgan fingerprint density at radius 2 is 2.06 bits per heavy atom. The molecule has 2 nitrogen and oxygen atoms in total. The van der Waals surface area contributed by atoms with E-state index < -0.39 is 0 Å². The Balaban J connectivity index is 2.47. The van der Waals surface area contributed by atoms with Crippen LogP contribution in [0.15, 0.2) is 0 Å². The van der Waals surface area contributed by atoms with Gasteiger partial charge in [0, 0.05) is 23.5 Å². The summed E-state index contributed by atoms with van der Waals surface area (Å²) in [6.07, 6.45) is 3.26. The molecule has 2 unspecified atom stereocenters. The average Bonchev–Trinajstić information content (AvgIpc) is 2.09. The van der Waals surface area contributed by atoms with Crippen molar-refractivity contribution in [3.63, 3.8) is 0 Å². The van der Waals surface area contributed by atoms with Gasteiger partial charge in [0.2, 0.25) is 0 Å². The molecular weight excluding hydrogens is 220 g/mol. The van der Waals surface area contributed by atoms with Gasteiger partial charge < -0.3 is 0 Å². The topological polar surface area (TPSA) is 34.1 Å². The van der Waals surface area contributed by atoms with Crippen molar-refractivity contribution >= 4 is 22.7 Å². The molecule has 0 bridgehead atoms. The first-order valence-electron chi connectivity index (χ1n) is 6.04. The third kappa shape index (κ3) is 4.28. The fourth-order valence-corrected chi connectivity index (χ4v) is 3.14. The third-order valence-corrected chi connectivity index (χ3v) is 4.07. The second kappa shape index (κ2) is 5.35. The van der Waals surface area contributed by atoms with Crippen LogP contribution in [0.2, 0.25) is 0 Å². The van der Waals surface area contributed by atoms with Gasteiger partial charge in [-0.05, 0) is 18.8 Å². The van der Waals surface area contributed by atoms with Crippen molar-refractivity contribution < 1.29 is 9.59 Å². The van der Waals surface area contributed by atoms with Crippen molar-refractivity contribution in [3.8, 4) is 0 Å². The van der Waals surface area contributed by atoms with E-state index in [1.165, 1.54) is 11.8 Å². The smallest absolute Gasteiger partial charge is 0.189 e. The van der Waals surface area contributed by atoms with Crippen molar-refractivity contribution in [2.45, 2.75) is 58.1 Å². The number of carbonyl (C=O) groups excluding carboxylic acids is 2. The molecule has 92 valence electrons. The van der Waals surface area contributed by atoms with Crippen LogP contribution in [-0.2, 0) is 9.59 Å². The van der Waals surface area contributed by atoms with E-state index in [4.69, 9.17) is 0 Å². The van der Waals surface area contributed by atoms with Gasteiger partial charge >= 0.3 is 0 Å². The fraction of sp³-hybridized carbons (Fsp3) is 0.846. The van der Waals surface area contributed by atoms with Gasteiger partial charge in [0.1, 0.15) is 5.78 Å². The molecule has 1 fully saturated rings. The van der Waals surface area contributed by atoms with Crippen molar-refractivity contribution in [1.82, 2.24) is 0 Å². The Morgan fingerprint density at radius 3 is 2.62 bits per heavy atom. The van der Waals surface area contributed by atoms with Crippen LogP contribution >= 0.6 is 11.8 Å². The highest BCUT2D eigenvalue weighted by molar-refractivity contribution is 8.14. The van der Waals surface area contributed by atoms with Crippen LogP contribution < -0.4 is 0 Å². The number of ketones is 1. The molecule has 1 saturated carbocycles. The molecular formula is C13H22O2S. The first-order chi connectivity index (χ1) is 7.29. The summed E-state index contributed by atoms with van der Waals surface area (Å²) in [6.45, 7) is 8.11. The second-order valence-corrected chi connectivity index (χ2v) is 7.58. The first-order valence-corrected chi connectivity index (χ1v) is 6.86. The fourth-order valence-electron chi connectivity index (χ4n) is 2.16. The summed E-state index contributed by atoms with van der Waals surface area (Å²) < 4.78 is -0.0149. The monoisotopic (exact) mass is 242 g/mol. The Bertz CT molecular complexity index is 278. The minimum absolute atomic E-state index is 0.0149. The second-order valence-electron chi connectivity index (χ2n) is 5.70. The molecule has 0 saturated heterocycles. The van der Waals surface area contributed by atoms with E-state index in [1.54, 1.807) is 0 Å². The summed E-state index contributed by atoms with van der Waals surface area (Å²) in [6, 6.07) is 0. The maximum Gasteiger partial charge on any atom is 0.189 e. The van der Waals surface area contributed by atoms with Crippen LogP contribution in [0, 0.1) is 11.8 Å². The van der Waals surface area contributed by atoms with Crippen molar-refractivity contribution in [1.29, 1.82) is 0 Å². The van der Waals surface area contributed by atoms with E-state index >= 15 is 0 Å². The Kier molecular flexibility index (Phi) is 4.60. The normalized spacial score (nSPS) is 26.9. The maximum absolute atomic E-state index is 11.8. The summed E-state index contributed by atoms with van der Waals surface area (Å²) >= 11 is 1.40. The third-order valence-electron chi connectivity index (χ3n) is 3.06. The number of hydrogen-bond acceptors (Lipinski definition) is 3. The number of Topliss-reactive ketones (excluding diaryl/α,β-unsaturated/α-hetero) is 1. The number of rotatable bonds is 2. The average molecular weight is 242 g/mol. The van der Waals surface area contributed by atoms with E-state index in [2.05, 4.69) is 0 Å². The van der Waals surface area contributed by atoms with Gasteiger partial charge in [0.15, 0.2) is 5.12 Å². The highest BCUT2D eigenvalue weighted by Crippen LogP contribution is 2.33. The van der Waals surface area contributed by atoms with Crippen molar-refractivity contribution in [2.75, 3.05) is 0 Å². The lowest BCUT2D eigenvalue weighted by Crippen LogP contribution is -2.28. The highest BCUT2D eigenvalue weighted by atomic mass is 32.2. The molecule has 0 aromatic heterocycles. The molecule has 1 aliphatic carbocycles. The summed E-state index contributed by atoms with van der Waals surface area (Å²) in [5.74, 6) is 0.701. The van der Waals surface area contributed by atoms with E-state index in [1.807, 2.05) is 27.7 Å². The van der Waals surface area contributed by atoms with Gasteiger partial charge in [-0.3, -0.25) is 9.59 Å². The van der Waals surface area contributed by atoms with E-state index in [0.717, 1.165) is 12.8 Å². The van der Waals surface area contributed by atoms with Crippen LogP contribution in [0.5, 0.6) is 0 Å². The maximum atomic E-state index is 11.8. The van der Waals surface area contributed by atoms with Gasteiger partial charge in [-0.25, -0.2) is 0 Å². The Morgan fingerprint density at radius 1 is 1.44 bits per heavy atom. The van der Waals surface area contributed by atoms with Crippen LogP contribution in [0.3, 0.4) is 0 Å².